The molecule has 0 aromatic rings. The molecule has 0 aliphatic heterocycles. The van der Waals surface area contributed by atoms with Gasteiger partial charge in [0.1, 0.15) is 0 Å². The van der Waals surface area contributed by atoms with Crippen molar-refractivity contribution in [3.05, 3.63) is 11.6 Å². The number of rotatable bonds is 0. The lowest BCUT2D eigenvalue weighted by Crippen LogP contribution is -2.34. The van der Waals surface area contributed by atoms with Crippen LogP contribution in [0.15, 0.2) is 11.6 Å². The Bertz CT molecular complexity index is 349. The van der Waals surface area contributed by atoms with Gasteiger partial charge in [0, 0.05) is 0 Å². The van der Waals surface area contributed by atoms with Gasteiger partial charge in [-0.25, -0.2) is 0 Å². The topological polar surface area (TPSA) is 0 Å². The highest BCUT2D eigenvalue weighted by atomic mass is 14.7. The molecule has 0 unspecified atom stereocenters. The fourth-order valence-corrected chi connectivity index (χ4v) is 5.03. The molecule has 0 heterocycles. The summed E-state index contributed by atoms with van der Waals surface area (Å²) in [6.07, 6.45) is 11.4. The molecule has 0 amide bonds. The highest BCUT2D eigenvalue weighted by Gasteiger charge is 2.69. The lowest BCUT2D eigenvalue weighted by atomic mass is 9.63. The lowest BCUT2D eigenvalue weighted by molar-refractivity contribution is 0.128. The first kappa shape index (κ1) is 10.9. The fourth-order valence-electron chi connectivity index (χ4n) is 5.03. The van der Waals surface area contributed by atoms with E-state index in [4.69, 9.17) is 0 Å². The average molecular weight is 218 g/mol. The van der Waals surface area contributed by atoms with Gasteiger partial charge in [-0.15, -0.1) is 0 Å². The summed E-state index contributed by atoms with van der Waals surface area (Å²) >= 11 is 0. The molecule has 0 bridgehead atoms. The zero-order valence-corrected chi connectivity index (χ0v) is 11.4. The Morgan fingerprint density at radius 3 is 2.62 bits per heavy atom. The van der Waals surface area contributed by atoms with E-state index in [1.165, 1.54) is 38.5 Å². The highest BCUT2D eigenvalue weighted by molar-refractivity contribution is 5.27. The SMILES string of the molecule is CC1=C[C@@H]2C(C)(C)CCC[C@@]3(C)C[C@@]23CC1. The maximum Gasteiger partial charge on any atom is -0.0117 e. The van der Waals surface area contributed by atoms with Crippen LogP contribution in [0, 0.1) is 22.2 Å². The summed E-state index contributed by atoms with van der Waals surface area (Å²) in [6.45, 7) is 9.93. The van der Waals surface area contributed by atoms with Gasteiger partial charge < -0.3 is 0 Å². The molecule has 0 N–H and O–H groups in total. The smallest absolute Gasteiger partial charge is 0.0117 e. The van der Waals surface area contributed by atoms with Crippen molar-refractivity contribution < 1.29 is 0 Å². The molecule has 0 radical (unpaired) electrons. The standard InChI is InChI=1S/C16H26/c1-12-6-9-16-11-15(16,4)8-5-7-14(2,3)13(16)10-12/h10,13H,5-9,11H2,1-4H3/t13-,15+,16+/m1/s1. The summed E-state index contributed by atoms with van der Waals surface area (Å²) in [7, 11) is 0. The fraction of sp³-hybridized carbons (Fsp3) is 0.875. The summed E-state index contributed by atoms with van der Waals surface area (Å²) in [5.74, 6) is 0.862. The summed E-state index contributed by atoms with van der Waals surface area (Å²) in [5, 5.41) is 0. The third-order valence-electron chi connectivity index (χ3n) is 6.19. The molecule has 0 aromatic carbocycles. The quantitative estimate of drug-likeness (QED) is 0.505. The van der Waals surface area contributed by atoms with Crippen molar-refractivity contribution in [3.63, 3.8) is 0 Å². The molecule has 0 aromatic heterocycles. The normalized spacial score (nSPS) is 49.8. The van der Waals surface area contributed by atoms with Crippen LogP contribution < -0.4 is 0 Å². The zero-order chi connectivity index (χ0) is 11.6. The minimum absolute atomic E-state index is 0.538. The van der Waals surface area contributed by atoms with Gasteiger partial charge in [0.25, 0.3) is 0 Å². The van der Waals surface area contributed by atoms with Crippen LogP contribution >= 0.6 is 0 Å². The van der Waals surface area contributed by atoms with E-state index in [0.29, 0.717) is 16.2 Å². The van der Waals surface area contributed by atoms with E-state index in [1.807, 2.05) is 0 Å². The molecule has 90 valence electrons. The van der Waals surface area contributed by atoms with Crippen molar-refractivity contribution in [1.29, 1.82) is 0 Å². The van der Waals surface area contributed by atoms with E-state index in [0.717, 1.165) is 5.92 Å². The average Bonchev–Trinajstić information content (AvgIpc) is 2.76. The first-order valence-corrected chi connectivity index (χ1v) is 7.07. The van der Waals surface area contributed by atoms with E-state index in [2.05, 4.69) is 33.8 Å². The summed E-state index contributed by atoms with van der Waals surface area (Å²) in [4.78, 5) is 0. The Labute approximate surface area is 101 Å². The second kappa shape index (κ2) is 2.94. The Balaban J connectivity index is 2.05. The first-order chi connectivity index (χ1) is 7.40. The van der Waals surface area contributed by atoms with Gasteiger partial charge in [-0.3, -0.25) is 0 Å². The van der Waals surface area contributed by atoms with Crippen molar-refractivity contribution in [2.75, 3.05) is 0 Å². The van der Waals surface area contributed by atoms with Crippen molar-refractivity contribution in [2.45, 2.75) is 66.2 Å². The molecule has 2 saturated carbocycles. The number of allylic oxidation sites excluding steroid dienone is 2. The van der Waals surface area contributed by atoms with Gasteiger partial charge in [-0.2, -0.15) is 0 Å². The Hall–Kier alpha value is -0.260. The minimum atomic E-state index is 0.538. The highest BCUT2D eigenvalue weighted by Crippen LogP contribution is 2.77. The van der Waals surface area contributed by atoms with Crippen LogP contribution in [0.3, 0.4) is 0 Å². The molecule has 1 spiro atoms. The van der Waals surface area contributed by atoms with E-state index >= 15 is 0 Å². The molecule has 2 fully saturated rings. The molecular formula is C16H26. The molecule has 3 aliphatic carbocycles. The van der Waals surface area contributed by atoms with Crippen molar-refractivity contribution in [3.8, 4) is 0 Å². The van der Waals surface area contributed by atoms with Crippen LogP contribution in [0.1, 0.15) is 66.2 Å². The van der Waals surface area contributed by atoms with E-state index in [-0.39, 0.29) is 0 Å². The second-order valence-electron chi connectivity index (χ2n) is 7.73. The molecule has 16 heavy (non-hydrogen) atoms. The molecule has 0 heteroatoms. The number of hydrogen-bond donors (Lipinski definition) is 0. The van der Waals surface area contributed by atoms with Crippen molar-refractivity contribution >= 4 is 0 Å². The third kappa shape index (κ3) is 1.22. The van der Waals surface area contributed by atoms with E-state index in [9.17, 15) is 0 Å². The van der Waals surface area contributed by atoms with Gasteiger partial charge in [-0.05, 0) is 61.2 Å². The maximum absolute atomic E-state index is 2.65. The Morgan fingerprint density at radius 2 is 1.88 bits per heavy atom. The first-order valence-electron chi connectivity index (χ1n) is 7.07. The summed E-state index contributed by atoms with van der Waals surface area (Å²) in [5.41, 5.74) is 3.59. The summed E-state index contributed by atoms with van der Waals surface area (Å²) < 4.78 is 0. The van der Waals surface area contributed by atoms with E-state index in [1.54, 1.807) is 5.57 Å². The van der Waals surface area contributed by atoms with Crippen LogP contribution in [0.2, 0.25) is 0 Å². The zero-order valence-electron chi connectivity index (χ0n) is 11.4. The van der Waals surface area contributed by atoms with E-state index < -0.39 is 0 Å². The largest absolute Gasteiger partial charge is 0.0814 e. The maximum atomic E-state index is 2.65. The molecule has 3 rings (SSSR count). The molecule has 3 atom stereocenters. The van der Waals surface area contributed by atoms with Crippen LogP contribution in [0.25, 0.3) is 0 Å². The van der Waals surface area contributed by atoms with Crippen LogP contribution in [-0.2, 0) is 0 Å². The van der Waals surface area contributed by atoms with Gasteiger partial charge in [0.15, 0.2) is 0 Å². The molecule has 0 nitrogen and oxygen atoms in total. The van der Waals surface area contributed by atoms with Crippen LogP contribution in [-0.4, -0.2) is 0 Å². The minimum Gasteiger partial charge on any atom is -0.0814 e. The van der Waals surface area contributed by atoms with Crippen molar-refractivity contribution in [2.24, 2.45) is 22.2 Å². The summed E-state index contributed by atoms with van der Waals surface area (Å²) in [6, 6.07) is 0. The third-order valence-corrected chi connectivity index (χ3v) is 6.19. The Kier molecular flexibility index (Phi) is 2.00. The second-order valence-corrected chi connectivity index (χ2v) is 7.73. The van der Waals surface area contributed by atoms with Gasteiger partial charge in [0.05, 0.1) is 0 Å². The lowest BCUT2D eigenvalue weighted by Gasteiger charge is -2.42. The predicted molar refractivity (Wildman–Crippen MR) is 69.3 cm³/mol. The molecular weight excluding hydrogens is 192 g/mol. The molecule has 3 aliphatic rings. The predicted octanol–water partition coefficient (Wildman–Crippen LogP) is 4.95. The van der Waals surface area contributed by atoms with Crippen LogP contribution in [0.5, 0.6) is 0 Å². The van der Waals surface area contributed by atoms with Gasteiger partial charge >= 0.3 is 0 Å². The van der Waals surface area contributed by atoms with Crippen LogP contribution in [0.4, 0.5) is 0 Å². The Morgan fingerprint density at radius 1 is 1.12 bits per heavy atom. The van der Waals surface area contributed by atoms with Gasteiger partial charge in [-0.1, -0.05) is 38.8 Å². The monoisotopic (exact) mass is 218 g/mol. The van der Waals surface area contributed by atoms with Gasteiger partial charge in [0.2, 0.25) is 0 Å². The van der Waals surface area contributed by atoms with Crippen molar-refractivity contribution in [1.82, 2.24) is 0 Å². The molecule has 0 saturated heterocycles. The number of hydrogen-bond acceptors (Lipinski definition) is 0.